The molecule has 0 atom stereocenters. The molecular formula is C8H7NOS2. The van der Waals surface area contributed by atoms with E-state index in [1.54, 1.807) is 11.8 Å². The van der Waals surface area contributed by atoms with Crippen LogP contribution in [-0.2, 0) is 0 Å². The number of hydrogen-bond acceptors (Lipinski definition) is 3. The molecule has 0 aliphatic carbocycles. The number of aromatic nitrogens is 1. The molecule has 2 rings (SSSR count). The number of aromatic amines is 1. The van der Waals surface area contributed by atoms with Gasteiger partial charge in [-0.15, -0.1) is 11.8 Å². The van der Waals surface area contributed by atoms with Crippen LogP contribution < -0.4 is 0 Å². The third-order valence-corrected chi connectivity index (χ3v) is 2.54. The molecule has 0 radical (unpaired) electrons. The normalized spacial score (nSPS) is 10.8. The van der Waals surface area contributed by atoms with Gasteiger partial charge in [0, 0.05) is 4.90 Å². The largest absolute Gasteiger partial charge is 0.429 e. The van der Waals surface area contributed by atoms with Gasteiger partial charge in [0.2, 0.25) is 0 Å². The topological polar surface area (TPSA) is 28.9 Å². The number of hydrogen-bond donors (Lipinski definition) is 1. The first-order chi connectivity index (χ1) is 5.79. The predicted octanol–water partition coefficient (Wildman–Crippen LogP) is 3.21. The van der Waals surface area contributed by atoms with Crippen molar-refractivity contribution in [2.75, 3.05) is 6.26 Å². The number of thioether (sulfide) groups is 1. The van der Waals surface area contributed by atoms with Gasteiger partial charge in [-0.2, -0.15) is 0 Å². The minimum Gasteiger partial charge on any atom is -0.429 e. The summed E-state index contributed by atoms with van der Waals surface area (Å²) < 4.78 is 5.22. The Morgan fingerprint density at radius 3 is 3.08 bits per heavy atom. The molecule has 12 heavy (non-hydrogen) atoms. The van der Waals surface area contributed by atoms with Crippen molar-refractivity contribution in [2.45, 2.75) is 4.90 Å². The molecule has 0 unspecified atom stereocenters. The van der Waals surface area contributed by atoms with E-state index in [-0.39, 0.29) is 0 Å². The molecule has 0 aliphatic heterocycles. The average molecular weight is 197 g/mol. The van der Waals surface area contributed by atoms with Crippen LogP contribution in [0.3, 0.4) is 0 Å². The van der Waals surface area contributed by atoms with Crippen LogP contribution in [0.2, 0.25) is 0 Å². The lowest BCUT2D eigenvalue weighted by molar-refractivity contribution is 0.583. The minimum absolute atomic E-state index is 0.434. The standard InChI is InChI=1S/C8H7NOS2/c1-12-5-2-3-7-6(4-5)9-8(11)10-7/h2-4H,1H3,(H,9,11). The number of fused-ring (bicyclic) bond motifs is 1. The van der Waals surface area contributed by atoms with Gasteiger partial charge < -0.3 is 9.40 Å². The van der Waals surface area contributed by atoms with Crippen LogP contribution in [0, 0.1) is 4.84 Å². The molecule has 1 aromatic heterocycles. The predicted molar refractivity (Wildman–Crippen MR) is 53.2 cm³/mol. The zero-order valence-corrected chi connectivity index (χ0v) is 8.09. The maximum atomic E-state index is 5.22. The van der Waals surface area contributed by atoms with Crippen LogP contribution >= 0.6 is 24.0 Å². The summed E-state index contributed by atoms with van der Waals surface area (Å²) in [7, 11) is 0. The van der Waals surface area contributed by atoms with Crippen LogP contribution in [0.25, 0.3) is 11.1 Å². The SMILES string of the molecule is CSc1ccc2oc(=S)[nH]c2c1. The molecule has 2 aromatic rings. The summed E-state index contributed by atoms with van der Waals surface area (Å²) in [5.41, 5.74) is 1.78. The van der Waals surface area contributed by atoms with Crippen molar-refractivity contribution in [2.24, 2.45) is 0 Å². The van der Waals surface area contributed by atoms with Crippen molar-refractivity contribution in [1.29, 1.82) is 0 Å². The fourth-order valence-corrected chi connectivity index (χ4v) is 1.70. The highest BCUT2D eigenvalue weighted by Gasteiger charge is 1.98. The molecule has 0 spiro atoms. The van der Waals surface area contributed by atoms with E-state index in [4.69, 9.17) is 16.6 Å². The highest BCUT2D eigenvalue weighted by molar-refractivity contribution is 7.98. The maximum absolute atomic E-state index is 5.22. The molecule has 0 aliphatic rings. The van der Waals surface area contributed by atoms with Gasteiger partial charge in [0.25, 0.3) is 4.84 Å². The van der Waals surface area contributed by atoms with Crippen molar-refractivity contribution in [3.05, 3.63) is 23.0 Å². The number of benzene rings is 1. The van der Waals surface area contributed by atoms with Crippen LogP contribution in [-0.4, -0.2) is 11.2 Å². The summed E-state index contributed by atoms with van der Waals surface area (Å²) in [6.45, 7) is 0. The molecular weight excluding hydrogens is 190 g/mol. The zero-order valence-electron chi connectivity index (χ0n) is 6.46. The molecule has 0 saturated carbocycles. The van der Waals surface area contributed by atoms with E-state index in [0.717, 1.165) is 11.1 Å². The first-order valence-corrected chi connectivity index (χ1v) is 5.10. The van der Waals surface area contributed by atoms with Gasteiger partial charge in [0.05, 0.1) is 5.52 Å². The Morgan fingerprint density at radius 2 is 2.33 bits per heavy atom. The van der Waals surface area contributed by atoms with E-state index >= 15 is 0 Å². The Hall–Kier alpha value is -0.740. The quantitative estimate of drug-likeness (QED) is 0.562. The summed E-state index contributed by atoms with van der Waals surface area (Å²) in [6.07, 6.45) is 2.04. The number of oxazole rings is 1. The second-order valence-electron chi connectivity index (χ2n) is 2.38. The van der Waals surface area contributed by atoms with Gasteiger partial charge in [0.1, 0.15) is 0 Å². The van der Waals surface area contributed by atoms with Gasteiger partial charge in [-0.05, 0) is 36.7 Å². The molecule has 0 fully saturated rings. The minimum atomic E-state index is 0.434. The molecule has 0 saturated heterocycles. The lowest BCUT2D eigenvalue weighted by Crippen LogP contribution is -1.70. The number of rotatable bonds is 1. The van der Waals surface area contributed by atoms with E-state index < -0.39 is 0 Å². The van der Waals surface area contributed by atoms with Crippen LogP contribution in [0.4, 0.5) is 0 Å². The summed E-state index contributed by atoms with van der Waals surface area (Å²) >= 11 is 6.56. The van der Waals surface area contributed by atoms with E-state index in [9.17, 15) is 0 Å². The molecule has 1 heterocycles. The Kier molecular flexibility index (Phi) is 1.94. The molecule has 4 heteroatoms. The van der Waals surface area contributed by atoms with Crippen molar-refractivity contribution in [3.8, 4) is 0 Å². The van der Waals surface area contributed by atoms with E-state index in [1.807, 2.05) is 24.5 Å². The van der Waals surface area contributed by atoms with Crippen molar-refractivity contribution >= 4 is 35.1 Å². The molecule has 1 N–H and O–H groups in total. The van der Waals surface area contributed by atoms with Crippen molar-refractivity contribution in [3.63, 3.8) is 0 Å². The van der Waals surface area contributed by atoms with Gasteiger partial charge in [-0.3, -0.25) is 0 Å². The summed E-state index contributed by atoms with van der Waals surface area (Å²) in [6, 6.07) is 5.96. The molecule has 2 nitrogen and oxygen atoms in total. The molecule has 0 bridgehead atoms. The number of H-pyrrole nitrogens is 1. The third-order valence-electron chi connectivity index (χ3n) is 1.63. The van der Waals surface area contributed by atoms with Crippen LogP contribution in [0.15, 0.2) is 27.5 Å². The van der Waals surface area contributed by atoms with Crippen LogP contribution in [0.5, 0.6) is 0 Å². The monoisotopic (exact) mass is 197 g/mol. The van der Waals surface area contributed by atoms with Gasteiger partial charge in [-0.25, -0.2) is 0 Å². The van der Waals surface area contributed by atoms with Crippen LogP contribution in [0.1, 0.15) is 0 Å². The highest BCUT2D eigenvalue weighted by atomic mass is 32.2. The smallest absolute Gasteiger partial charge is 0.266 e. The highest BCUT2D eigenvalue weighted by Crippen LogP contribution is 2.20. The van der Waals surface area contributed by atoms with Crippen molar-refractivity contribution < 1.29 is 4.42 Å². The Morgan fingerprint density at radius 1 is 1.50 bits per heavy atom. The lowest BCUT2D eigenvalue weighted by atomic mass is 10.3. The Balaban J connectivity index is 2.74. The third kappa shape index (κ3) is 1.28. The summed E-state index contributed by atoms with van der Waals surface area (Å²) in [5.74, 6) is 0. The maximum Gasteiger partial charge on any atom is 0.266 e. The van der Waals surface area contributed by atoms with Gasteiger partial charge in [-0.1, -0.05) is 0 Å². The van der Waals surface area contributed by atoms with E-state index in [1.165, 1.54) is 4.90 Å². The summed E-state index contributed by atoms with van der Waals surface area (Å²) in [4.78, 5) is 4.60. The number of nitrogens with one attached hydrogen (secondary N) is 1. The average Bonchev–Trinajstić information content (AvgIpc) is 2.43. The van der Waals surface area contributed by atoms with E-state index in [0.29, 0.717) is 4.84 Å². The second-order valence-corrected chi connectivity index (χ2v) is 3.63. The molecule has 62 valence electrons. The second kappa shape index (κ2) is 2.95. The van der Waals surface area contributed by atoms with Crippen molar-refractivity contribution in [1.82, 2.24) is 4.98 Å². The zero-order chi connectivity index (χ0) is 8.55. The fraction of sp³-hybridized carbons (Fsp3) is 0.125. The Labute approximate surface area is 79.0 Å². The Bertz CT molecular complexity index is 457. The molecule has 1 aromatic carbocycles. The first-order valence-electron chi connectivity index (χ1n) is 3.46. The molecule has 0 amide bonds. The fourth-order valence-electron chi connectivity index (χ4n) is 1.06. The van der Waals surface area contributed by atoms with Gasteiger partial charge >= 0.3 is 0 Å². The first kappa shape index (κ1) is 7.89. The van der Waals surface area contributed by atoms with Gasteiger partial charge in [0.15, 0.2) is 5.58 Å². The lowest BCUT2D eigenvalue weighted by Gasteiger charge is -1.92. The summed E-state index contributed by atoms with van der Waals surface area (Å²) in [5, 5.41) is 0. The van der Waals surface area contributed by atoms with E-state index in [2.05, 4.69) is 4.98 Å².